The highest BCUT2D eigenvalue weighted by Crippen LogP contribution is 2.38. The molecule has 1 aromatic heterocycles. The topological polar surface area (TPSA) is 28.2 Å². The Kier molecular flexibility index (Phi) is 4.00. The average Bonchev–Trinajstić information content (AvgIpc) is 2.97. The van der Waals surface area contributed by atoms with Crippen LogP contribution in [0.3, 0.4) is 0 Å². The second kappa shape index (κ2) is 5.50. The van der Waals surface area contributed by atoms with Crippen molar-refractivity contribution in [1.29, 1.82) is 0 Å². The lowest BCUT2D eigenvalue weighted by atomic mass is 10.2. The van der Waals surface area contributed by atoms with E-state index in [0.717, 1.165) is 30.7 Å². The third kappa shape index (κ3) is 3.70. The molecular formula is C14H23N3. The number of rotatable bonds is 6. The summed E-state index contributed by atoms with van der Waals surface area (Å²) >= 11 is 0. The molecule has 1 saturated carbocycles. The van der Waals surface area contributed by atoms with Gasteiger partial charge in [0.25, 0.3) is 0 Å². The van der Waals surface area contributed by atoms with E-state index in [2.05, 4.69) is 48.2 Å². The van der Waals surface area contributed by atoms with E-state index in [-0.39, 0.29) is 0 Å². The van der Waals surface area contributed by atoms with Gasteiger partial charge in [0.05, 0.1) is 0 Å². The molecule has 0 aromatic carbocycles. The van der Waals surface area contributed by atoms with Gasteiger partial charge in [0.1, 0.15) is 5.82 Å². The van der Waals surface area contributed by atoms with Crippen LogP contribution in [-0.2, 0) is 6.54 Å². The minimum Gasteiger partial charge on any atom is -0.370 e. The van der Waals surface area contributed by atoms with Crippen molar-refractivity contribution in [1.82, 2.24) is 9.88 Å². The van der Waals surface area contributed by atoms with E-state index in [1.807, 2.05) is 6.20 Å². The summed E-state index contributed by atoms with van der Waals surface area (Å²) in [5, 5.41) is 3.21. The second-order valence-corrected chi connectivity index (χ2v) is 5.25. The number of anilines is 1. The molecule has 2 unspecified atom stereocenters. The maximum atomic E-state index is 4.39. The molecule has 17 heavy (non-hydrogen) atoms. The summed E-state index contributed by atoms with van der Waals surface area (Å²) in [5.41, 5.74) is 1.29. The predicted octanol–water partition coefficient (Wildman–Crippen LogP) is 2.60. The van der Waals surface area contributed by atoms with Crippen molar-refractivity contribution in [3.8, 4) is 0 Å². The van der Waals surface area contributed by atoms with Crippen LogP contribution >= 0.6 is 0 Å². The molecule has 0 spiro atoms. The number of nitrogens with zero attached hydrogens (tertiary/aromatic N) is 2. The van der Waals surface area contributed by atoms with Gasteiger partial charge in [-0.1, -0.05) is 13.0 Å². The maximum absolute atomic E-state index is 4.39. The van der Waals surface area contributed by atoms with Crippen LogP contribution in [0.5, 0.6) is 0 Å². The first-order valence-electron chi connectivity index (χ1n) is 6.56. The molecule has 0 amide bonds. The second-order valence-electron chi connectivity index (χ2n) is 5.25. The van der Waals surface area contributed by atoms with Crippen molar-refractivity contribution in [3.05, 3.63) is 23.9 Å². The summed E-state index contributed by atoms with van der Waals surface area (Å²) in [5.74, 6) is 2.83. The molecule has 1 N–H and O–H groups in total. The van der Waals surface area contributed by atoms with E-state index in [9.17, 15) is 0 Å². The molecule has 0 saturated heterocycles. The summed E-state index contributed by atoms with van der Waals surface area (Å²) in [6, 6.07) is 4.23. The summed E-state index contributed by atoms with van der Waals surface area (Å²) < 4.78 is 0. The van der Waals surface area contributed by atoms with Crippen molar-refractivity contribution >= 4 is 5.82 Å². The number of hydrogen-bond acceptors (Lipinski definition) is 3. The highest BCUT2D eigenvalue weighted by molar-refractivity contribution is 5.35. The van der Waals surface area contributed by atoms with E-state index in [1.165, 1.54) is 18.5 Å². The third-order valence-electron chi connectivity index (χ3n) is 3.46. The first kappa shape index (κ1) is 12.4. The largest absolute Gasteiger partial charge is 0.370 e. The van der Waals surface area contributed by atoms with Gasteiger partial charge in [0, 0.05) is 25.8 Å². The van der Waals surface area contributed by atoms with Crippen LogP contribution in [0, 0.1) is 11.8 Å². The van der Waals surface area contributed by atoms with Crippen LogP contribution in [0.1, 0.15) is 25.8 Å². The van der Waals surface area contributed by atoms with Crippen LogP contribution in [0.4, 0.5) is 5.82 Å². The quantitative estimate of drug-likeness (QED) is 0.818. The fraction of sp³-hybridized carbons (Fsp3) is 0.643. The summed E-state index contributed by atoms with van der Waals surface area (Å²) in [6.07, 6.45) is 3.38. The molecule has 1 aliphatic rings. The first-order valence-corrected chi connectivity index (χ1v) is 6.56. The molecule has 0 bridgehead atoms. The SMILES string of the molecule is CCNc1ccc(CN(C)CC2CC2C)cn1. The van der Waals surface area contributed by atoms with E-state index < -0.39 is 0 Å². The summed E-state index contributed by atoms with van der Waals surface area (Å²) in [7, 11) is 2.20. The predicted molar refractivity (Wildman–Crippen MR) is 72.0 cm³/mol. The number of aromatic nitrogens is 1. The number of nitrogens with one attached hydrogen (secondary N) is 1. The van der Waals surface area contributed by atoms with Crippen LogP contribution in [0.15, 0.2) is 18.3 Å². The van der Waals surface area contributed by atoms with Crippen molar-refractivity contribution in [2.45, 2.75) is 26.8 Å². The normalized spacial score (nSPS) is 22.8. The van der Waals surface area contributed by atoms with Crippen molar-refractivity contribution in [2.75, 3.05) is 25.5 Å². The molecule has 2 atom stereocenters. The fourth-order valence-electron chi connectivity index (χ4n) is 2.23. The van der Waals surface area contributed by atoms with E-state index in [0.29, 0.717) is 0 Å². The highest BCUT2D eigenvalue weighted by atomic mass is 15.1. The molecule has 1 fully saturated rings. The monoisotopic (exact) mass is 233 g/mol. The third-order valence-corrected chi connectivity index (χ3v) is 3.46. The van der Waals surface area contributed by atoms with Gasteiger partial charge in [-0.3, -0.25) is 0 Å². The minimum absolute atomic E-state index is 0.922. The Labute approximate surface area is 104 Å². The van der Waals surface area contributed by atoms with E-state index in [4.69, 9.17) is 0 Å². The average molecular weight is 233 g/mol. The molecule has 1 aromatic rings. The van der Waals surface area contributed by atoms with Gasteiger partial charge < -0.3 is 10.2 Å². The Balaban J connectivity index is 1.81. The molecule has 0 aliphatic heterocycles. The van der Waals surface area contributed by atoms with Gasteiger partial charge in [-0.05, 0) is 43.9 Å². The van der Waals surface area contributed by atoms with Crippen LogP contribution in [-0.4, -0.2) is 30.0 Å². The maximum Gasteiger partial charge on any atom is 0.125 e. The lowest BCUT2D eigenvalue weighted by molar-refractivity contribution is 0.307. The zero-order chi connectivity index (χ0) is 12.3. The van der Waals surface area contributed by atoms with Crippen LogP contribution < -0.4 is 5.32 Å². The minimum atomic E-state index is 0.922. The van der Waals surface area contributed by atoms with Gasteiger partial charge in [-0.25, -0.2) is 4.98 Å². The molecule has 94 valence electrons. The Hall–Kier alpha value is -1.09. The van der Waals surface area contributed by atoms with Gasteiger partial charge in [-0.15, -0.1) is 0 Å². The summed E-state index contributed by atoms with van der Waals surface area (Å²) in [6.45, 7) is 7.57. The Morgan fingerprint density at radius 1 is 1.47 bits per heavy atom. The number of pyridine rings is 1. The van der Waals surface area contributed by atoms with E-state index in [1.54, 1.807) is 0 Å². The Morgan fingerprint density at radius 3 is 2.76 bits per heavy atom. The molecule has 0 radical (unpaired) electrons. The van der Waals surface area contributed by atoms with Crippen molar-refractivity contribution in [3.63, 3.8) is 0 Å². The van der Waals surface area contributed by atoms with Gasteiger partial charge in [0.2, 0.25) is 0 Å². The Bertz CT molecular complexity index is 347. The zero-order valence-electron chi connectivity index (χ0n) is 11.1. The molecule has 3 nitrogen and oxygen atoms in total. The first-order chi connectivity index (χ1) is 8.19. The van der Waals surface area contributed by atoms with Crippen LogP contribution in [0.25, 0.3) is 0 Å². The van der Waals surface area contributed by atoms with Gasteiger partial charge in [0.15, 0.2) is 0 Å². The lowest BCUT2D eigenvalue weighted by Crippen LogP contribution is -2.21. The molecule has 2 rings (SSSR count). The highest BCUT2D eigenvalue weighted by Gasteiger charge is 2.32. The van der Waals surface area contributed by atoms with Gasteiger partial charge >= 0.3 is 0 Å². The molecule has 3 heteroatoms. The van der Waals surface area contributed by atoms with Crippen molar-refractivity contribution in [2.24, 2.45) is 11.8 Å². The Morgan fingerprint density at radius 2 is 2.24 bits per heavy atom. The van der Waals surface area contributed by atoms with Crippen LogP contribution in [0.2, 0.25) is 0 Å². The number of hydrogen-bond donors (Lipinski definition) is 1. The standard InChI is InChI=1S/C14H23N3/c1-4-15-14-6-5-12(8-16-14)9-17(3)10-13-7-11(13)2/h5-6,8,11,13H,4,7,9-10H2,1-3H3,(H,15,16). The molecular weight excluding hydrogens is 210 g/mol. The summed E-state index contributed by atoms with van der Waals surface area (Å²) in [4.78, 5) is 6.79. The fourth-order valence-corrected chi connectivity index (χ4v) is 2.23. The van der Waals surface area contributed by atoms with Crippen molar-refractivity contribution < 1.29 is 0 Å². The van der Waals surface area contributed by atoms with E-state index >= 15 is 0 Å². The smallest absolute Gasteiger partial charge is 0.125 e. The lowest BCUT2D eigenvalue weighted by Gasteiger charge is -2.16. The zero-order valence-corrected chi connectivity index (χ0v) is 11.1. The molecule has 1 aliphatic carbocycles. The molecule has 1 heterocycles. The van der Waals surface area contributed by atoms with Gasteiger partial charge in [-0.2, -0.15) is 0 Å².